The third-order valence-corrected chi connectivity index (χ3v) is 4.20. The lowest BCUT2D eigenvalue weighted by Gasteiger charge is -2.18. The Bertz CT molecular complexity index is 589. The van der Waals surface area contributed by atoms with E-state index in [0.717, 1.165) is 23.7 Å². The molecule has 2 rings (SSSR count). The van der Waals surface area contributed by atoms with Crippen LogP contribution in [0, 0.1) is 0 Å². The van der Waals surface area contributed by atoms with Gasteiger partial charge >= 0.3 is 0 Å². The number of methoxy groups -OCH3 is 1. The van der Waals surface area contributed by atoms with E-state index in [2.05, 4.69) is 10.3 Å². The molecule has 0 fully saturated rings. The fraction of sp³-hybridized carbons (Fsp3) is 0.571. The van der Waals surface area contributed by atoms with E-state index in [1.165, 1.54) is 0 Å². The molecular formula is C14H22N4O2S. The van der Waals surface area contributed by atoms with E-state index < -0.39 is 0 Å². The largest absolute Gasteiger partial charge is 0.480 e. The number of rotatable bonds is 8. The minimum atomic E-state index is 0.188. The number of carbonyl (C=O) groups excluding carboxylic acids is 1. The maximum Gasteiger partial charge on any atom is 0.237 e. The van der Waals surface area contributed by atoms with E-state index in [-0.39, 0.29) is 5.91 Å². The van der Waals surface area contributed by atoms with Gasteiger partial charge in [-0.2, -0.15) is 4.98 Å². The van der Waals surface area contributed by atoms with Gasteiger partial charge in [0.15, 0.2) is 4.96 Å². The highest BCUT2D eigenvalue weighted by Gasteiger charge is 2.14. The Labute approximate surface area is 128 Å². The Morgan fingerprint density at radius 2 is 2.24 bits per heavy atom. The van der Waals surface area contributed by atoms with E-state index in [9.17, 15) is 4.79 Å². The smallest absolute Gasteiger partial charge is 0.237 e. The second kappa shape index (κ2) is 7.42. The van der Waals surface area contributed by atoms with Gasteiger partial charge in [0.05, 0.1) is 7.11 Å². The van der Waals surface area contributed by atoms with Crippen molar-refractivity contribution in [2.75, 3.05) is 26.7 Å². The number of hydrogen-bond acceptors (Lipinski definition) is 5. The summed E-state index contributed by atoms with van der Waals surface area (Å²) in [4.78, 5) is 19.1. The molecule has 0 aliphatic rings. The van der Waals surface area contributed by atoms with Crippen LogP contribution < -0.4 is 10.1 Å². The molecule has 0 aliphatic heterocycles. The average molecular weight is 310 g/mol. The molecule has 0 bridgehead atoms. The summed E-state index contributed by atoms with van der Waals surface area (Å²) in [5.74, 6) is 0.831. The minimum absolute atomic E-state index is 0.188. The molecule has 2 aromatic heterocycles. The number of thiazole rings is 1. The zero-order valence-corrected chi connectivity index (χ0v) is 13.6. The Morgan fingerprint density at radius 1 is 1.48 bits per heavy atom. The van der Waals surface area contributed by atoms with E-state index in [4.69, 9.17) is 4.74 Å². The first kappa shape index (κ1) is 15.8. The molecule has 0 aliphatic carbocycles. The fourth-order valence-electron chi connectivity index (χ4n) is 2.27. The number of imidazole rings is 1. The maximum absolute atomic E-state index is 11.9. The second-order valence-corrected chi connectivity index (χ2v) is 5.49. The molecule has 21 heavy (non-hydrogen) atoms. The normalized spacial score (nSPS) is 11.0. The van der Waals surface area contributed by atoms with E-state index in [1.807, 2.05) is 34.7 Å². The van der Waals surface area contributed by atoms with Gasteiger partial charge in [-0.1, -0.05) is 0 Å². The van der Waals surface area contributed by atoms with Crippen molar-refractivity contribution in [2.45, 2.75) is 26.8 Å². The summed E-state index contributed by atoms with van der Waals surface area (Å²) in [5.41, 5.74) is 0.990. The first-order valence-corrected chi connectivity index (χ1v) is 8.06. The van der Waals surface area contributed by atoms with Crippen LogP contribution in [0.1, 0.15) is 26.0 Å². The van der Waals surface area contributed by atoms with Gasteiger partial charge in [-0.05, 0) is 13.8 Å². The molecule has 7 heteroatoms. The number of ether oxygens (including phenoxy) is 1. The van der Waals surface area contributed by atoms with Crippen molar-refractivity contribution in [3.63, 3.8) is 0 Å². The topological polar surface area (TPSA) is 58.9 Å². The van der Waals surface area contributed by atoms with Crippen molar-refractivity contribution in [2.24, 2.45) is 0 Å². The van der Waals surface area contributed by atoms with E-state index >= 15 is 0 Å². The number of hydrogen-bond donors (Lipinski definition) is 1. The predicted octanol–water partition coefficient (Wildman–Crippen LogP) is 1.75. The summed E-state index contributed by atoms with van der Waals surface area (Å²) in [7, 11) is 1.62. The zero-order valence-electron chi connectivity index (χ0n) is 12.8. The van der Waals surface area contributed by atoms with Crippen LogP contribution in [0.3, 0.4) is 0 Å². The molecular weight excluding hydrogens is 288 g/mol. The highest BCUT2D eigenvalue weighted by Crippen LogP contribution is 2.22. The zero-order chi connectivity index (χ0) is 15.2. The number of fused-ring (bicyclic) bond motifs is 1. The lowest BCUT2D eigenvalue weighted by molar-refractivity contribution is -0.130. The minimum Gasteiger partial charge on any atom is -0.480 e. The molecule has 6 nitrogen and oxygen atoms in total. The van der Waals surface area contributed by atoms with Crippen molar-refractivity contribution in [1.82, 2.24) is 19.6 Å². The molecule has 1 N–H and O–H groups in total. The van der Waals surface area contributed by atoms with Crippen LogP contribution in [-0.2, 0) is 11.3 Å². The Kier molecular flexibility index (Phi) is 5.58. The van der Waals surface area contributed by atoms with Gasteiger partial charge in [0.1, 0.15) is 5.69 Å². The highest BCUT2D eigenvalue weighted by molar-refractivity contribution is 7.15. The summed E-state index contributed by atoms with van der Waals surface area (Å²) in [5, 5.41) is 5.29. The van der Waals surface area contributed by atoms with Crippen LogP contribution in [-0.4, -0.2) is 46.9 Å². The summed E-state index contributed by atoms with van der Waals surface area (Å²) in [6.07, 6.45) is 2.49. The molecule has 0 radical (unpaired) electrons. The van der Waals surface area contributed by atoms with Crippen LogP contribution in [0.4, 0.5) is 0 Å². The number of nitrogens with one attached hydrogen (secondary N) is 1. The lowest BCUT2D eigenvalue weighted by atomic mass is 10.3. The van der Waals surface area contributed by atoms with Crippen LogP contribution in [0.5, 0.6) is 5.88 Å². The van der Waals surface area contributed by atoms with Crippen LogP contribution >= 0.6 is 11.3 Å². The fourth-order valence-corrected chi connectivity index (χ4v) is 3.00. The molecule has 0 saturated carbocycles. The Balaban J connectivity index is 1.87. The molecule has 2 heterocycles. The Morgan fingerprint density at radius 3 is 2.90 bits per heavy atom. The quantitative estimate of drug-likeness (QED) is 0.755. The first-order valence-electron chi connectivity index (χ1n) is 7.18. The third-order valence-electron chi connectivity index (χ3n) is 3.44. The van der Waals surface area contributed by atoms with Crippen LogP contribution in [0.25, 0.3) is 4.96 Å². The number of carbonyl (C=O) groups is 1. The summed E-state index contributed by atoms with van der Waals surface area (Å²) >= 11 is 1.57. The van der Waals surface area contributed by atoms with E-state index in [0.29, 0.717) is 25.4 Å². The summed E-state index contributed by atoms with van der Waals surface area (Å²) in [6.45, 7) is 6.81. The van der Waals surface area contributed by atoms with Crippen molar-refractivity contribution in [3.05, 3.63) is 17.3 Å². The van der Waals surface area contributed by atoms with Crippen LogP contribution in [0.15, 0.2) is 11.6 Å². The van der Waals surface area contributed by atoms with Gasteiger partial charge in [-0.25, -0.2) is 0 Å². The lowest BCUT2D eigenvalue weighted by Crippen LogP contribution is -2.32. The summed E-state index contributed by atoms with van der Waals surface area (Å²) < 4.78 is 7.32. The SMILES string of the molecule is CCN(CC)C(=O)CCNCc1c(OC)nc2sccn12. The van der Waals surface area contributed by atoms with Gasteiger partial charge in [0.25, 0.3) is 0 Å². The molecule has 0 unspecified atom stereocenters. The molecule has 116 valence electrons. The monoisotopic (exact) mass is 310 g/mol. The molecule has 0 aromatic carbocycles. The molecule has 0 saturated heterocycles. The van der Waals surface area contributed by atoms with Gasteiger partial charge < -0.3 is 15.0 Å². The molecule has 1 amide bonds. The molecule has 0 spiro atoms. The maximum atomic E-state index is 11.9. The average Bonchev–Trinajstić information content (AvgIpc) is 3.06. The summed E-state index contributed by atoms with van der Waals surface area (Å²) in [6, 6.07) is 0. The Hall–Kier alpha value is -1.60. The molecule has 2 aromatic rings. The van der Waals surface area contributed by atoms with Crippen molar-refractivity contribution >= 4 is 22.2 Å². The molecule has 0 atom stereocenters. The first-order chi connectivity index (χ1) is 10.2. The van der Waals surface area contributed by atoms with Crippen molar-refractivity contribution in [1.29, 1.82) is 0 Å². The number of nitrogens with zero attached hydrogens (tertiary/aromatic N) is 3. The van der Waals surface area contributed by atoms with Gasteiger partial charge in [-0.15, -0.1) is 11.3 Å². The predicted molar refractivity (Wildman–Crippen MR) is 83.9 cm³/mol. The van der Waals surface area contributed by atoms with Crippen molar-refractivity contribution < 1.29 is 9.53 Å². The van der Waals surface area contributed by atoms with Crippen molar-refractivity contribution in [3.8, 4) is 5.88 Å². The number of aromatic nitrogens is 2. The van der Waals surface area contributed by atoms with Gasteiger partial charge in [0.2, 0.25) is 11.8 Å². The van der Waals surface area contributed by atoms with Gasteiger partial charge in [0, 0.05) is 44.2 Å². The second-order valence-electron chi connectivity index (χ2n) is 4.62. The third kappa shape index (κ3) is 3.54. The van der Waals surface area contributed by atoms with Crippen LogP contribution in [0.2, 0.25) is 0 Å². The van der Waals surface area contributed by atoms with Gasteiger partial charge in [-0.3, -0.25) is 9.20 Å². The highest BCUT2D eigenvalue weighted by atomic mass is 32.1. The van der Waals surface area contributed by atoms with E-state index in [1.54, 1.807) is 18.4 Å². The standard InChI is InChI=1S/C14H22N4O2S/c1-4-17(5-2)12(19)6-7-15-10-11-13(20-3)16-14-18(11)8-9-21-14/h8-9,15H,4-7,10H2,1-3H3. The number of amides is 1.